The highest BCUT2D eigenvalue weighted by Crippen LogP contribution is 2.38. The van der Waals surface area contributed by atoms with Crippen molar-refractivity contribution in [2.75, 3.05) is 13.2 Å². The number of phenols is 1. The second-order valence-corrected chi connectivity index (χ2v) is 8.00. The average Bonchev–Trinajstić information content (AvgIpc) is 2.72. The van der Waals surface area contributed by atoms with Crippen LogP contribution in [0.1, 0.15) is 26.3 Å². The maximum absolute atomic E-state index is 12.5. The number of rotatable bonds is 5. The van der Waals surface area contributed by atoms with Crippen LogP contribution in [0.5, 0.6) is 11.5 Å². The minimum Gasteiger partial charge on any atom is -0.503 e. The molecule has 0 saturated carbocycles. The molecule has 124 valence electrons. The number of hydrogen-bond donors (Lipinski definition) is 1. The summed E-state index contributed by atoms with van der Waals surface area (Å²) in [6.45, 7) is 7.00. The first kappa shape index (κ1) is 18.3. The molecule has 23 heavy (non-hydrogen) atoms. The average molecular weight is 416 g/mol. The molecular formula is C16H18BrNO3S2. The summed E-state index contributed by atoms with van der Waals surface area (Å²) in [4.78, 5) is 14.7. The van der Waals surface area contributed by atoms with Gasteiger partial charge in [0.15, 0.2) is 11.5 Å². The third-order valence-electron chi connectivity index (χ3n) is 3.07. The van der Waals surface area contributed by atoms with Gasteiger partial charge in [-0.05, 0) is 52.5 Å². The lowest BCUT2D eigenvalue weighted by Crippen LogP contribution is -2.31. The normalized spacial score (nSPS) is 16.7. The van der Waals surface area contributed by atoms with Crippen molar-refractivity contribution in [2.45, 2.75) is 20.8 Å². The van der Waals surface area contributed by atoms with Crippen LogP contribution in [0.3, 0.4) is 0 Å². The monoisotopic (exact) mass is 415 g/mol. The van der Waals surface area contributed by atoms with Crippen LogP contribution in [0.25, 0.3) is 6.08 Å². The van der Waals surface area contributed by atoms with E-state index in [0.717, 1.165) is 5.56 Å². The predicted octanol–water partition coefficient (Wildman–Crippen LogP) is 4.41. The summed E-state index contributed by atoms with van der Waals surface area (Å²) in [7, 11) is 0. The number of thiocarbonyl (C=S) groups is 1. The first-order valence-electron chi connectivity index (χ1n) is 7.24. The molecule has 0 aliphatic carbocycles. The molecule has 4 nitrogen and oxygen atoms in total. The van der Waals surface area contributed by atoms with E-state index in [1.165, 1.54) is 11.8 Å². The maximum Gasteiger partial charge on any atom is 0.266 e. The molecule has 0 unspecified atom stereocenters. The van der Waals surface area contributed by atoms with Crippen molar-refractivity contribution in [3.8, 4) is 11.5 Å². The van der Waals surface area contributed by atoms with Gasteiger partial charge in [0.05, 0.1) is 16.0 Å². The molecule has 1 amide bonds. The molecule has 1 heterocycles. The third-order valence-corrected chi connectivity index (χ3v) is 5.05. The number of hydrogen-bond acceptors (Lipinski definition) is 5. The van der Waals surface area contributed by atoms with Crippen molar-refractivity contribution in [2.24, 2.45) is 5.92 Å². The zero-order valence-electron chi connectivity index (χ0n) is 13.1. The number of carbonyl (C=O) groups is 1. The van der Waals surface area contributed by atoms with E-state index in [4.69, 9.17) is 17.0 Å². The van der Waals surface area contributed by atoms with Crippen LogP contribution in [-0.2, 0) is 4.79 Å². The molecule has 0 spiro atoms. The molecule has 1 aromatic carbocycles. The number of carbonyl (C=O) groups excluding carboxylic acids is 1. The molecule has 1 N–H and O–H groups in total. The van der Waals surface area contributed by atoms with Gasteiger partial charge in [-0.15, -0.1) is 0 Å². The standard InChI is InChI=1S/C16H18BrNO3S2/c1-4-21-12-6-10(5-11(17)14(12)19)7-13-15(20)18(8-9(2)3)16(22)23-13/h5-7,9,19H,4,8H2,1-3H3. The van der Waals surface area contributed by atoms with Gasteiger partial charge in [0.1, 0.15) is 4.32 Å². The van der Waals surface area contributed by atoms with Crippen molar-refractivity contribution in [1.82, 2.24) is 4.90 Å². The van der Waals surface area contributed by atoms with Crippen molar-refractivity contribution >= 4 is 56.2 Å². The van der Waals surface area contributed by atoms with Crippen molar-refractivity contribution in [3.05, 3.63) is 27.1 Å². The van der Waals surface area contributed by atoms with E-state index in [1.54, 1.807) is 23.1 Å². The van der Waals surface area contributed by atoms with Crippen LogP contribution in [0.15, 0.2) is 21.5 Å². The van der Waals surface area contributed by atoms with E-state index in [1.807, 2.05) is 20.8 Å². The van der Waals surface area contributed by atoms with Gasteiger partial charge >= 0.3 is 0 Å². The van der Waals surface area contributed by atoms with Crippen LogP contribution in [0.4, 0.5) is 0 Å². The van der Waals surface area contributed by atoms with Crippen LogP contribution in [-0.4, -0.2) is 33.4 Å². The number of phenolic OH excluding ortho intramolecular Hbond substituents is 1. The smallest absolute Gasteiger partial charge is 0.266 e. The van der Waals surface area contributed by atoms with Gasteiger partial charge in [-0.3, -0.25) is 9.69 Å². The fraction of sp³-hybridized carbons (Fsp3) is 0.375. The molecule has 0 radical (unpaired) electrons. The summed E-state index contributed by atoms with van der Waals surface area (Å²) < 4.78 is 6.51. The molecule has 0 aromatic heterocycles. The van der Waals surface area contributed by atoms with Crippen LogP contribution in [0.2, 0.25) is 0 Å². The lowest BCUT2D eigenvalue weighted by molar-refractivity contribution is -0.122. The molecule has 1 fully saturated rings. The van der Waals surface area contributed by atoms with Crippen molar-refractivity contribution < 1.29 is 14.6 Å². The minimum atomic E-state index is -0.0733. The highest BCUT2D eigenvalue weighted by Gasteiger charge is 2.32. The van der Waals surface area contributed by atoms with Gasteiger partial charge < -0.3 is 9.84 Å². The SMILES string of the molecule is CCOc1cc(C=C2SC(=S)N(CC(C)C)C2=O)cc(Br)c1O. The van der Waals surface area contributed by atoms with E-state index < -0.39 is 0 Å². The lowest BCUT2D eigenvalue weighted by Gasteiger charge is -2.16. The van der Waals surface area contributed by atoms with E-state index in [-0.39, 0.29) is 11.7 Å². The third kappa shape index (κ3) is 4.28. The number of amides is 1. The Labute approximate surface area is 154 Å². The predicted molar refractivity (Wildman–Crippen MR) is 102 cm³/mol. The second kappa shape index (κ2) is 7.68. The zero-order chi connectivity index (χ0) is 17.1. The minimum absolute atomic E-state index is 0.0522. The highest BCUT2D eigenvalue weighted by molar-refractivity contribution is 9.10. The number of nitrogens with zero attached hydrogens (tertiary/aromatic N) is 1. The summed E-state index contributed by atoms with van der Waals surface area (Å²) in [5.74, 6) is 0.710. The number of ether oxygens (including phenoxy) is 1. The van der Waals surface area contributed by atoms with E-state index in [0.29, 0.717) is 38.5 Å². The zero-order valence-corrected chi connectivity index (χ0v) is 16.3. The van der Waals surface area contributed by atoms with Crippen LogP contribution in [0, 0.1) is 5.92 Å². The van der Waals surface area contributed by atoms with Crippen molar-refractivity contribution in [1.29, 1.82) is 0 Å². The molecule has 1 aliphatic heterocycles. The summed E-state index contributed by atoms with van der Waals surface area (Å²) >= 11 is 9.90. The van der Waals surface area contributed by atoms with Gasteiger partial charge in [-0.25, -0.2) is 0 Å². The van der Waals surface area contributed by atoms with E-state index in [9.17, 15) is 9.90 Å². The Hall–Kier alpha value is -1.05. The Morgan fingerprint density at radius 1 is 1.48 bits per heavy atom. The summed E-state index contributed by atoms with van der Waals surface area (Å²) in [6, 6.07) is 3.45. The molecule has 1 aliphatic rings. The largest absolute Gasteiger partial charge is 0.503 e. The van der Waals surface area contributed by atoms with Crippen LogP contribution >= 0.6 is 39.9 Å². The number of benzene rings is 1. The van der Waals surface area contributed by atoms with Gasteiger partial charge in [0, 0.05) is 6.54 Å². The fourth-order valence-electron chi connectivity index (χ4n) is 2.12. The highest BCUT2D eigenvalue weighted by atomic mass is 79.9. The molecule has 1 aromatic rings. The second-order valence-electron chi connectivity index (χ2n) is 5.47. The van der Waals surface area contributed by atoms with Crippen molar-refractivity contribution in [3.63, 3.8) is 0 Å². The quantitative estimate of drug-likeness (QED) is 0.569. The Morgan fingerprint density at radius 2 is 2.17 bits per heavy atom. The Morgan fingerprint density at radius 3 is 2.78 bits per heavy atom. The summed E-state index contributed by atoms with van der Waals surface area (Å²) in [5.41, 5.74) is 0.767. The van der Waals surface area contributed by atoms with Gasteiger partial charge in [0.25, 0.3) is 5.91 Å². The first-order chi connectivity index (χ1) is 10.8. The first-order valence-corrected chi connectivity index (χ1v) is 9.26. The summed E-state index contributed by atoms with van der Waals surface area (Å²) in [5, 5.41) is 9.96. The molecule has 0 bridgehead atoms. The van der Waals surface area contributed by atoms with Crippen LogP contribution < -0.4 is 4.74 Å². The van der Waals surface area contributed by atoms with Gasteiger partial charge in [-0.2, -0.15) is 0 Å². The van der Waals surface area contributed by atoms with Gasteiger partial charge in [-0.1, -0.05) is 37.8 Å². The fourth-order valence-corrected chi connectivity index (χ4v) is 3.85. The van der Waals surface area contributed by atoms with E-state index >= 15 is 0 Å². The number of thioether (sulfide) groups is 1. The molecule has 1 saturated heterocycles. The molecule has 2 rings (SSSR count). The number of aromatic hydroxyl groups is 1. The van der Waals surface area contributed by atoms with Gasteiger partial charge in [0.2, 0.25) is 0 Å². The maximum atomic E-state index is 12.5. The Bertz CT molecular complexity index is 674. The molecule has 7 heteroatoms. The van der Waals surface area contributed by atoms with E-state index in [2.05, 4.69) is 15.9 Å². The summed E-state index contributed by atoms with van der Waals surface area (Å²) in [6.07, 6.45) is 1.77. The topological polar surface area (TPSA) is 49.8 Å². The number of halogens is 1. The molecule has 0 atom stereocenters. The molecular weight excluding hydrogens is 398 g/mol. The Kier molecular flexibility index (Phi) is 6.11. The Balaban J connectivity index is 2.32. The lowest BCUT2D eigenvalue weighted by atomic mass is 10.1.